The van der Waals surface area contributed by atoms with Gasteiger partial charge in [-0.2, -0.15) is 0 Å². The van der Waals surface area contributed by atoms with E-state index in [4.69, 9.17) is 4.74 Å². The molecule has 2 aliphatic heterocycles. The summed E-state index contributed by atoms with van der Waals surface area (Å²) in [5.41, 5.74) is -0.259. The number of ether oxygens (including phenoxy) is 1. The zero-order valence-electron chi connectivity index (χ0n) is 16.8. The van der Waals surface area contributed by atoms with Gasteiger partial charge in [0.05, 0.1) is 18.5 Å². The number of amides is 1. The summed E-state index contributed by atoms with van der Waals surface area (Å²) < 4.78 is 34.1. The molecule has 1 aliphatic carbocycles. The van der Waals surface area contributed by atoms with Crippen LogP contribution in [0.4, 0.5) is 0 Å². The van der Waals surface area contributed by atoms with Gasteiger partial charge in [0, 0.05) is 44.2 Å². The van der Waals surface area contributed by atoms with Crippen molar-refractivity contribution in [2.24, 2.45) is 5.92 Å². The van der Waals surface area contributed by atoms with E-state index in [1.165, 1.54) is 0 Å². The first-order chi connectivity index (χ1) is 12.8. The van der Waals surface area contributed by atoms with E-state index < -0.39 is 15.3 Å². The smallest absolute Gasteiger partial charge is 0.225 e. The van der Waals surface area contributed by atoms with Crippen LogP contribution in [0.25, 0.3) is 0 Å². The average Bonchev–Trinajstić information content (AvgIpc) is 3.22. The third-order valence-electron chi connectivity index (χ3n) is 6.41. The number of carbonyl (C=O) groups excluding carboxylic acids is 1. The summed E-state index contributed by atoms with van der Waals surface area (Å²) in [6.07, 6.45) is 5.53. The number of likely N-dealkylation sites (tertiary alicyclic amines) is 1. The minimum Gasteiger partial charge on any atom is -0.379 e. The van der Waals surface area contributed by atoms with Gasteiger partial charge in [0.25, 0.3) is 0 Å². The second-order valence-corrected chi connectivity index (χ2v) is 10.9. The number of morpholine rings is 1. The fourth-order valence-corrected chi connectivity index (χ4v) is 6.14. The Morgan fingerprint density at radius 1 is 1.07 bits per heavy atom. The molecule has 1 unspecified atom stereocenters. The number of rotatable bonds is 6. The fraction of sp³-hybridized carbons (Fsp3) is 0.947. The predicted octanol–water partition coefficient (Wildman–Crippen LogP) is 1.20. The number of nitrogens with one attached hydrogen (secondary N) is 1. The standard InChI is InChI=1S/C19H35N3O4S/c1-19(2,22-10-12-26-13-11-22)15-20-27(24,25)17-8-5-9-21(14-17)18(23)16-6-3-4-7-16/h16-17,20H,3-15H2,1-2H3. The summed E-state index contributed by atoms with van der Waals surface area (Å²) in [6, 6.07) is 0. The van der Waals surface area contributed by atoms with Gasteiger partial charge in [-0.15, -0.1) is 0 Å². The van der Waals surface area contributed by atoms with Crippen LogP contribution in [0.3, 0.4) is 0 Å². The number of hydrogen-bond donors (Lipinski definition) is 1. The second kappa shape index (κ2) is 8.76. The Hall–Kier alpha value is -0.700. The predicted molar refractivity (Wildman–Crippen MR) is 105 cm³/mol. The molecular weight excluding hydrogens is 366 g/mol. The van der Waals surface area contributed by atoms with Crippen LogP contribution in [0, 0.1) is 5.92 Å². The molecule has 0 radical (unpaired) electrons. The highest BCUT2D eigenvalue weighted by Gasteiger charge is 2.37. The van der Waals surface area contributed by atoms with E-state index in [9.17, 15) is 13.2 Å². The molecule has 2 heterocycles. The Kier molecular flexibility index (Phi) is 6.82. The van der Waals surface area contributed by atoms with Gasteiger partial charge in [-0.05, 0) is 39.5 Å². The summed E-state index contributed by atoms with van der Waals surface area (Å²) in [5, 5.41) is -0.503. The first-order valence-corrected chi connectivity index (χ1v) is 11.9. The molecule has 0 aromatic rings. The number of piperidine rings is 1. The highest BCUT2D eigenvalue weighted by Crippen LogP contribution is 2.28. The lowest BCUT2D eigenvalue weighted by molar-refractivity contribution is -0.136. The molecule has 3 aliphatic rings. The largest absolute Gasteiger partial charge is 0.379 e. The van der Waals surface area contributed by atoms with E-state index in [1.807, 2.05) is 0 Å². The van der Waals surface area contributed by atoms with E-state index in [0.717, 1.165) is 45.2 Å². The van der Waals surface area contributed by atoms with Crippen molar-refractivity contribution < 1.29 is 17.9 Å². The van der Waals surface area contributed by atoms with Gasteiger partial charge in [-0.25, -0.2) is 13.1 Å². The third-order valence-corrected chi connectivity index (χ3v) is 8.22. The summed E-state index contributed by atoms with van der Waals surface area (Å²) in [5.74, 6) is 0.278. The quantitative estimate of drug-likeness (QED) is 0.723. The molecule has 7 nitrogen and oxygen atoms in total. The second-order valence-electron chi connectivity index (χ2n) is 8.81. The normalized spacial score (nSPS) is 26.4. The van der Waals surface area contributed by atoms with Gasteiger partial charge in [-0.1, -0.05) is 12.8 Å². The molecule has 0 bridgehead atoms. The molecule has 156 valence electrons. The zero-order chi connectivity index (χ0) is 19.5. The molecular formula is C19H35N3O4S. The zero-order valence-corrected chi connectivity index (χ0v) is 17.6. The highest BCUT2D eigenvalue weighted by molar-refractivity contribution is 7.90. The molecule has 0 aromatic heterocycles. The number of carbonyl (C=O) groups is 1. The van der Waals surface area contributed by atoms with Gasteiger partial charge in [0.2, 0.25) is 15.9 Å². The van der Waals surface area contributed by atoms with Crippen LogP contribution in [-0.4, -0.2) is 80.9 Å². The van der Waals surface area contributed by atoms with Crippen molar-refractivity contribution in [3.05, 3.63) is 0 Å². The molecule has 3 rings (SSSR count). The first-order valence-electron chi connectivity index (χ1n) is 10.4. The number of sulfonamides is 1. The molecule has 2 saturated heterocycles. The minimum absolute atomic E-state index is 0.111. The number of nitrogens with zero attached hydrogens (tertiary/aromatic N) is 2. The van der Waals surface area contributed by atoms with Crippen molar-refractivity contribution in [1.29, 1.82) is 0 Å². The molecule has 8 heteroatoms. The Bertz CT molecular complexity index is 610. The van der Waals surface area contributed by atoms with Crippen LogP contribution in [0.2, 0.25) is 0 Å². The summed E-state index contributed by atoms with van der Waals surface area (Å²) >= 11 is 0. The Morgan fingerprint density at radius 3 is 2.41 bits per heavy atom. The lowest BCUT2D eigenvalue weighted by Crippen LogP contribution is -2.57. The van der Waals surface area contributed by atoms with E-state index in [0.29, 0.717) is 39.3 Å². The minimum atomic E-state index is -3.45. The van der Waals surface area contributed by atoms with Gasteiger partial charge < -0.3 is 9.64 Å². The average molecular weight is 402 g/mol. The van der Waals surface area contributed by atoms with E-state index >= 15 is 0 Å². The SMILES string of the molecule is CC(C)(CNS(=O)(=O)C1CCCN(C(=O)C2CCCC2)C1)N1CCOCC1. The molecule has 1 atom stereocenters. The first kappa shape index (κ1) is 21.0. The van der Waals surface area contributed by atoms with Crippen molar-refractivity contribution in [3.63, 3.8) is 0 Å². The maximum Gasteiger partial charge on any atom is 0.225 e. The van der Waals surface area contributed by atoms with Crippen LogP contribution in [0.15, 0.2) is 0 Å². The van der Waals surface area contributed by atoms with Crippen molar-refractivity contribution in [3.8, 4) is 0 Å². The van der Waals surface area contributed by atoms with Crippen molar-refractivity contribution >= 4 is 15.9 Å². The van der Waals surface area contributed by atoms with Crippen LogP contribution in [0.1, 0.15) is 52.4 Å². The van der Waals surface area contributed by atoms with Gasteiger partial charge in [0.15, 0.2) is 0 Å². The van der Waals surface area contributed by atoms with Crippen molar-refractivity contribution in [2.75, 3.05) is 45.9 Å². The van der Waals surface area contributed by atoms with Gasteiger partial charge in [-0.3, -0.25) is 9.69 Å². The van der Waals surface area contributed by atoms with Crippen molar-refractivity contribution in [2.45, 2.75) is 63.2 Å². The summed E-state index contributed by atoms with van der Waals surface area (Å²) in [4.78, 5) is 16.8. The molecule has 1 amide bonds. The third kappa shape index (κ3) is 5.22. The van der Waals surface area contributed by atoms with E-state index in [-0.39, 0.29) is 17.4 Å². The van der Waals surface area contributed by atoms with E-state index in [2.05, 4.69) is 23.5 Å². The monoisotopic (exact) mass is 401 g/mol. The molecule has 1 saturated carbocycles. The van der Waals surface area contributed by atoms with Crippen LogP contribution < -0.4 is 4.72 Å². The Balaban J connectivity index is 1.56. The maximum absolute atomic E-state index is 12.9. The lowest BCUT2D eigenvalue weighted by Gasteiger charge is -2.41. The molecule has 3 fully saturated rings. The van der Waals surface area contributed by atoms with E-state index in [1.54, 1.807) is 4.90 Å². The van der Waals surface area contributed by atoms with Crippen LogP contribution in [0.5, 0.6) is 0 Å². The molecule has 1 N–H and O–H groups in total. The topological polar surface area (TPSA) is 79.0 Å². The lowest BCUT2D eigenvalue weighted by atomic mass is 10.0. The van der Waals surface area contributed by atoms with Crippen LogP contribution >= 0.6 is 0 Å². The molecule has 0 aromatic carbocycles. The fourth-order valence-electron chi connectivity index (χ4n) is 4.50. The molecule has 27 heavy (non-hydrogen) atoms. The van der Waals surface area contributed by atoms with Gasteiger partial charge in [0.1, 0.15) is 0 Å². The molecule has 0 spiro atoms. The summed E-state index contributed by atoms with van der Waals surface area (Å²) in [7, 11) is -3.45. The Morgan fingerprint density at radius 2 is 1.74 bits per heavy atom. The Labute approximate surface area is 163 Å². The number of hydrogen-bond acceptors (Lipinski definition) is 5. The van der Waals surface area contributed by atoms with Crippen LogP contribution in [-0.2, 0) is 19.6 Å². The summed E-state index contributed by atoms with van der Waals surface area (Å²) in [6.45, 7) is 8.57. The van der Waals surface area contributed by atoms with Crippen molar-refractivity contribution in [1.82, 2.24) is 14.5 Å². The highest BCUT2D eigenvalue weighted by atomic mass is 32.2. The van der Waals surface area contributed by atoms with Gasteiger partial charge >= 0.3 is 0 Å². The maximum atomic E-state index is 12.9.